The van der Waals surface area contributed by atoms with Crippen molar-refractivity contribution in [3.8, 4) is 11.5 Å². The zero-order valence-electron chi connectivity index (χ0n) is 15.0. The first-order valence-corrected chi connectivity index (χ1v) is 8.70. The number of methoxy groups -OCH3 is 1. The van der Waals surface area contributed by atoms with Gasteiger partial charge in [-0.25, -0.2) is 0 Å². The Morgan fingerprint density at radius 1 is 1.35 bits per heavy atom. The molecule has 0 spiro atoms. The maximum absolute atomic E-state index is 12.9. The molecule has 0 unspecified atom stereocenters. The van der Waals surface area contributed by atoms with E-state index >= 15 is 0 Å². The molecule has 26 heavy (non-hydrogen) atoms. The van der Waals surface area contributed by atoms with E-state index in [1.165, 1.54) is 0 Å². The minimum atomic E-state index is -1.12. The Bertz CT molecular complexity index is 824. The number of carbonyl (C=O) groups excluding carboxylic acids is 1. The lowest BCUT2D eigenvalue weighted by molar-refractivity contribution is -0.239. The van der Waals surface area contributed by atoms with Gasteiger partial charge in [-0.2, -0.15) is 0 Å². The van der Waals surface area contributed by atoms with Crippen LogP contribution < -0.4 is 9.47 Å². The molecular formula is C21H22O5. The fourth-order valence-electron chi connectivity index (χ4n) is 4.29. The number of hydrogen-bond donors (Lipinski definition) is 0. The van der Waals surface area contributed by atoms with Crippen molar-refractivity contribution >= 4 is 5.97 Å². The molecule has 1 fully saturated rings. The van der Waals surface area contributed by atoms with Crippen molar-refractivity contribution < 1.29 is 23.7 Å². The van der Waals surface area contributed by atoms with Gasteiger partial charge in [-0.1, -0.05) is 25.6 Å². The summed E-state index contributed by atoms with van der Waals surface area (Å²) >= 11 is 0. The molecule has 4 aliphatic rings. The Hall–Kier alpha value is -2.53. The molecule has 1 aromatic rings. The summed E-state index contributed by atoms with van der Waals surface area (Å²) in [5.74, 6) is -0.735. The number of fused-ring (bicyclic) bond motifs is 4. The first kappa shape index (κ1) is 16.9. The van der Waals surface area contributed by atoms with Crippen molar-refractivity contribution in [1.29, 1.82) is 0 Å². The number of hydrogen-bond acceptors (Lipinski definition) is 5. The summed E-state index contributed by atoms with van der Waals surface area (Å²) in [7, 11) is 1.57. The van der Waals surface area contributed by atoms with Gasteiger partial charge in [0.2, 0.25) is 12.6 Å². The van der Waals surface area contributed by atoms with E-state index in [4.69, 9.17) is 18.9 Å². The SMILES string of the molecule is C=CCC1=C[C@@]2(OC)OC(=O)[C@H](C1=C)[C@H](c1ccc3c(c1)OCO3)[C@@H]2C. The summed E-state index contributed by atoms with van der Waals surface area (Å²) in [6.45, 7) is 10.3. The molecule has 1 saturated heterocycles. The van der Waals surface area contributed by atoms with E-state index in [2.05, 4.69) is 13.2 Å². The number of esters is 1. The normalized spacial score (nSPS) is 32.1. The Kier molecular flexibility index (Phi) is 3.92. The van der Waals surface area contributed by atoms with Crippen LogP contribution in [0.5, 0.6) is 11.5 Å². The smallest absolute Gasteiger partial charge is 0.316 e. The van der Waals surface area contributed by atoms with Crippen LogP contribution >= 0.6 is 0 Å². The van der Waals surface area contributed by atoms with Gasteiger partial charge in [0.1, 0.15) is 0 Å². The van der Waals surface area contributed by atoms with Crippen LogP contribution in [0.4, 0.5) is 0 Å². The minimum absolute atomic E-state index is 0.102. The van der Waals surface area contributed by atoms with E-state index in [0.29, 0.717) is 17.9 Å². The Labute approximate surface area is 152 Å². The summed E-state index contributed by atoms with van der Waals surface area (Å²) in [5, 5.41) is 0. The van der Waals surface area contributed by atoms with E-state index in [1.54, 1.807) is 13.2 Å². The molecule has 3 aliphatic heterocycles. The lowest BCUT2D eigenvalue weighted by Gasteiger charge is -2.44. The largest absolute Gasteiger partial charge is 0.454 e. The molecule has 0 amide bonds. The van der Waals surface area contributed by atoms with Crippen LogP contribution in [0.15, 0.2) is 54.7 Å². The molecule has 1 aliphatic carbocycles. The summed E-state index contributed by atoms with van der Waals surface area (Å²) in [5.41, 5.74) is 2.69. The van der Waals surface area contributed by atoms with E-state index in [0.717, 1.165) is 16.7 Å². The van der Waals surface area contributed by atoms with Gasteiger partial charge in [0.05, 0.1) is 5.92 Å². The molecule has 3 heterocycles. The monoisotopic (exact) mass is 354 g/mol. The van der Waals surface area contributed by atoms with Crippen molar-refractivity contribution in [3.63, 3.8) is 0 Å². The predicted octanol–water partition coefficient (Wildman–Crippen LogP) is 3.72. The number of ether oxygens (including phenoxy) is 4. The molecule has 5 nitrogen and oxygen atoms in total. The van der Waals surface area contributed by atoms with Gasteiger partial charge in [-0.15, -0.1) is 6.58 Å². The first-order valence-electron chi connectivity index (χ1n) is 8.70. The highest BCUT2D eigenvalue weighted by Gasteiger charge is 2.56. The van der Waals surface area contributed by atoms with Crippen LogP contribution in [-0.2, 0) is 14.3 Å². The van der Waals surface area contributed by atoms with Crippen LogP contribution in [0.2, 0.25) is 0 Å². The predicted molar refractivity (Wildman–Crippen MR) is 95.8 cm³/mol. The topological polar surface area (TPSA) is 54.0 Å². The van der Waals surface area contributed by atoms with Gasteiger partial charge in [-0.3, -0.25) is 4.79 Å². The van der Waals surface area contributed by atoms with Gasteiger partial charge in [0, 0.05) is 18.9 Å². The van der Waals surface area contributed by atoms with Crippen LogP contribution in [0.25, 0.3) is 0 Å². The number of carbonyl (C=O) groups is 1. The third-order valence-corrected chi connectivity index (χ3v) is 5.67. The summed E-state index contributed by atoms with van der Waals surface area (Å²) in [6, 6.07) is 5.81. The molecule has 5 heteroatoms. The van der Waals surface area contributed by atoms with Gasteiger partial charge >= 0.3 is 5.97 Å². The fraction of sp³-hybridized carbons (Fsp3) is 0.381. The maximum atomic E-state index is 12.9. The zero-order valence-corrected chi connectivity index (χ0v) is 15.0. The molecular weight excluding hydrogens is 332 g/mol. The van der Waals surface area contributed by atoms with E-state index < -0.39 is 11.7 Å². The molecule has 0 radical (unpaired) electrons. The van der Waals surface area contributed by atoms with Crippen molar-refractivity contribution in [3.05, 3.63) is 60.2 Å². The maximum Gasteiger partial charge on any atom is 0.316 e. The first-order chi connectivity index (χ1) is 12.5. The molecule has 0 saturated carbocycles. The van der Waals surface area contributed by atoms with Gasteiger partial charge < -0.3 is 18.9 Å². The quantitative estimate of drug-likeness (QED) is 0.609. The third kappa shape index (κ3) is 2.31. The van der Waals surface area contributed by atoms with Crippen molar-refractivity contribution in [1.82, 2.24) is 0 Å². The number of allylic oxidation sites excluding steroid dienone is 2. The van der Waals surface area contributed by atoms with E-state index in [-0.39, 0.29) is 24.6 Å². The Morgan fingerprint density at radius 3 is 2.85 bits per heavy atom. The summed E-state index contributed by atoms with van der Waals surface area (Å²) in [4.78, 5) is 12.9. The molecule has 0 N–H and O–H groups in total. The Balaban J connectivity index is 1.85. The van der Waals surface area contributed by atoms with Crippen LogP contribution in [0, 0.1) is 11.8 Å². The average molecular weight is 354 g/mol. The molecule has 5 rings (SSSR count). The minimum Gasteiger partial charge on any atom is -0.454 e. The molecule has 1 aromatic carbocycles. The summed E-state index contributed by atoms with van der Waals surface area (Å²) < 4.78 is 22.4. The third-order valence-electron chi connectivity index (χ3n) is 5.67. The highest BCUT2D eigenvalue weighted by atomic mass is 16.7. The van der Waals surface area contributed by atoms with Crippen molar-refractivity contribution in [2.45, 2.75) is 25.0 Å². The molecule has 4 atom stereocenters. The van der Waals surface area contributed by atoms with Gasteiger partial charge in [0.15, 0.2) is 11.5 Å². The summed E-state index contributed by atoms with van der Waals surface area (Å²) in [6.07, 6.45) is 4.31. The average Bonchev–Trinajstić information content (AvgIpc) is 3.04. The fourth-order valence-corrected chi connectivity index (χ4v) is 4.29. The second-order valence-electron chi connectivity index (χ2n) is 6.94. The molecule has 0 aromatic heterocycles. The van der Waals surface area contributed by atoms with Crippen LogP contribution in [0.3, 0.4) is 0 Å². The van der Waals surface area contributed by atoms with Crippen LogP contribution in [0.1, 0.15) is 24.8 Å². The molecule has 136 valence electrons. The van der Waals surface area contributed by atoms with Crippen molar-refractivity contribution in [2.75, 3.05) is 13.9 Å². The van der Waals surface area contributed by atoms with Gasteiger partial charge in [0.25, 0.3) is 0 Å². The standard InChI is InChI=1S/C21H22O5/c1-5-6-15-10-21(23-4)13(3)19(18(12(15)2)20(22)26-21)14-7-8-16-17(9-14)25-11-24-16/h5,7-10,13,18-19H,1-2,6,11H2,3-4H3/t13-,18+,19-,21+/m0/s1. The van der Waals surface area contributed by atoms with E-state index in [1.807, 2.05) is 31.2 Å². The lowest BCUT2D eigenvalue weighted by Crippen LogP contribution is -2.51. The second-order valence-corrected chi connectivity index (χ2v) is 6.94. The van der Waals surface area contributed by atoms with E-state index in [9.17, 15) is 4.79 Å². The number of rotatable bonds is 4. The van der Waals surface area contributed by atoms with Gasteiger partial charge in [-0.05, 0) is 41.3 Å². The van der Waals surface area contributed by atoms with Crippen molar-refractivity contribution in [2.24, 2.45) is 11.8 Å². The molecule has 2 bridgehead atoms. The van der Waals surface area contributed by atoms with Crippen LogP contribution in [-0.4, -0.2) is 25.7 Å². The number of benzene rings is 1. The highest BCUT2D eigenvalue weighted by Crippen LogP contribution is 2.54. The lowest BCUT2D eigenvalue weighted by atomic mass is 9.71. The second kappa shape index (κ2) is 6.02. The zero-order chi connectivity index (χ0) is 18.5. The Morgan fingerprint density at radius 2 is 2.12 bits per heavy atom. The highest BCUT2D eigenvalue weighted by molar-refractivity contribution is 5.81.